The minimum absolute atomic E-state index is 0.0331. The zero-order chi connectivity index (χ0) is 13.2. The van der Waals surface area contributed by atoms with Crippen molar-refractivity contribution in [2.45, 2.75) is 9.37 Å². The minimum Gasteiger partial charge on any atom is -0.477 e. The van der Waals surface area contributed by atoms with E-state index in [1.165, 1.54) is 29.6 Å². The van der Waals surface area contributed by atoms with Crippen LogP contribution < -0.4 is 0 Å². The normalized spacial score (nSPS) is 10.7. The lowest BCUT2D eigenvalue weighted by molar-refractivity contribution is 0.0690. The molecular weight excluding hydrogens is 282 g/mol. The van der Waals surface area contributed by atoms with Gasteiger partial charge in [-0.1, -0.05) is 24.3 Å². The first-order valence-electron chi connectivity index (χ1n) is 5.31. The van der Waals surface area contributed by atoms with Crippen molar-refractivity contribution in [2.75, 3.05) is 0 Å². The zero-order valence-electron chi connectivity index (χ0n) is 9.48. The van der Waals surface area contributed by atoms with Crippen LogP contribution in [0.3, 0.4) is 0 Å². The summed E-state index contributed by atoms with van der Waals surface area (Å²) in [6, 6.07) is 9.12. The fourth-order valence-electron chi connectivity index (χ4n) is 1.64. The third-order valence-electron chi connectivity index (χ3n) is 2.45. The number of rotatable bonds is 3. The summed E-state index contributed by atoms with van der Waals surface area (Å²) in [6.07, 6.45) is 1.47. The van der Waals surface area contributed by atoms with E-state index in [1.807, 2.05) is 24.3 Å². The largest absolute Gasteiger partial charge is 0.477 e. The second-order valence-corrected chi connectivity index (χ2v) is 5.66. The van der Waals surface area contributed by atoms with E-state index in [0.29, 0.717) is 5.03 Å². The third-order valence-corrected chi connectivity index (χ3v) is 4.17. The van der Waals surface area contributed by atoms with Crippen LogP contribution in [0.25, 0.3) is 10.8 Å². The summed E-state index contributed by atoms with van der Waals surface area (Å²) in [4.78, 5) is 19.4. The molecule has 1 aromatic carbocycles. The Bertz CT molecular complexity index is 744. The van der Waals surface area contributed by atoms with Crippen LogP contribution in [0.5, 0.6) is 0 Å². The Labute approximate surface area is 116 Å². The number of aromatic nitrogens is 3. The first-order valence-corrected chi connectivity index (χ1v) is 6.90. The first kappa shape index (κ1) is 12.1. The molecule has 7 heteroatoms. The second kappa shape index (κ2) is 4.94. The van der Waals surface area contributed by atoms with E-state index in [9.17, 15) is 4.79 Å². The highest BCUT2D eigenvalue weighted by atomic mass is 32.2. The number of hydrogen-bond acceptors (Lipinski definition) is 6. The Morgan fingerprint density at radius 3 is 2.89 bits per heavy atom. The van der Waals surface area contributed by atoms with E-state index in [4.69, 9.17) is 5.11 Å². The first-order chi connectivity index (χ1) is 9.24. The molecule has 0 spiro atoms. The third kappa shape index (κ3) is 2.42. The van der Waals surface area contributed by atoms with Crippen LogP contribution in [0.4, 0.5) is 0 Å². The fraction of sp³-hybridized carbons (Fsp3) is 0. The van der Waals surface area contributed by atoms with Crippen molar-refractivity contribution in [2.24, 2.45) is 0 Å². The van der Waals surface area contributed by atoms with Crippen molar-refractivity contribution in [3.63, 3.8) is 0 Å². The van der Waals surface area contributed by atoms with E-state index in [0.717, 1.165) is 15.1 Å². The standard InChI is InChI=1S/C12H7N3O2S2/c16-11(17)9-5-7-3-1-2-4-8(7)10(15-9)18-12-13-6-14-19-12/h1-6H,(H,16,17). The maximum absolute atomic E-state index is 11.1. The van der Waals surface area contributed by atoms with Crippen LogP contribution in [0.1, 0.15) is 10.5 Å². The van der Waals surface area contributed by atoms with Crippen LogP contribution in [-0.2, 0) is 0 Å². The van der Waals surface area contributed by atoms with Gasteiger partial charge in [0.25, 0.3) is 0 Å². The van der Waals surface area contributed by atoms with Crippen molar-refractivity contribution in [1.29, 1.82) is 0 Å². The van der Waals surface area contributed by atoms with E-state index < -0.39 is 5.97 Å². The average Bonchev–Trinajstić information content (AvgIpc) is 2.91. The molecule has 3 rings (SSSR count). The van der Waals surface area contributed by atoms with Crippen molar-refractivity contribution in [3.8, 4) is 0 Å². The van der Waals surface area contributed by atoms with Gasteiger partial charge in [0.2, 0.25) is 0 Å². The summed E-state index contributed by atoms with van der Waals surface area (Å²) in [5.41, 5.74) is 0.0331. The van der Waals surface area contributed by atoms with Gasteiger partial charge in [0.1, 0.15) is 17.0 Å². The number of nitrogens with zero attached hydrogens (tertiary/aromatic N) is 3. The number of aromatic carboxylic acids is 1. The summed E-state index contributed by atoms with van der Waals surface area (Å²) < 4.78 is 4.66. The molecule has 0 aliphatic heterocycles. The molecule has 0 fully saturated rings. The lowest BCUT2D eigenvalue weighted by Gasteiger charge is -2.05. The number of benzene rings is 1. The highest BCUT2D eigenvalue weighted by Gasteiger charge is 2.12. The van der Waals surface area contributed by atoms with Crippen LogP contribution in [0.15, 0.2) is 46.0 Å². The molecule has 3 aromatic rings. The number of carboxylic acid groups (broad SMARTS) is 1. The summed E-state index contributed by atoms with van der Waals surface area (Å²) in [5, 5.41) is 11.5. The molecule has 5 nitrogen and oxygen atoms in total. The summed E-state index contributed by atoms with van der Waals surface area (Å²) in [6.45, 7) is 0. The highest BCUT2D eigenvalue weighted by molar-refractivity contribution is 8.01. The van der Waals surface area contributed by atoms with Crippen molar-refractivity contribution >= 4 is 40.0 Å². The average molecular weight is 289 g/mol. The monoisotopic (exact) mass is 289 g/mol. The number of pyridine rings is 1. The van der Waals surface area contributed by atoms with E-state index in [2.05, 4.69) is 14.3 Å². The van der Waals surface area contributed by atoms with Gasteiger partial charge >= 0.3 is 5.97 Å². The Hall–Kier alpha value is -1.99. The molecule has 0 bridgehead atoms. The van der Waals surface area contributed by atoms with Gasteiger partial charge in [0, 0.05) is 5.39 Å². The SMILES string of the molecule is O=C(O)c1cc2ccccc2c(Sc2ncns2)n1. The molecule has 0 saturated carbocycles. The molecule has 0 saturated heterocycles. The van der Waals surface area contributed by atoms with Crippen LogP contribution >= 0.6 is 23.3 Å². The zero-order valence-corrected chi connectivity index (χ0v) is 11.1. The molecule has 2 aromatic heterocycles. The molecule has 94 valence electrons. The molecule has 0 atom stereocenters. The van der Waals surface area contributed by atoms with Crippen LogP contribution in [0, 0.1) is 0 Å². The molecule has 0 radical (unpaired) electrons. The highest BCUT2D eigenvalue weighted by Crippen LogP contribution is 2.32. The van der Waals surface area contributed by atoms with Crippen molar-refractivity contribution in [3.05, 3.63) is 42.4 Å². The lowest BCUT2D eigenvalue weighted by atomic mass is 10.1. The number of carbonyl (C=O) groups is 1. The molecule has 1 N–H and O–H groups in total. The van der Waals surface area contributed by atoms with Gasteiger partial charge in [-0.25, -0.2) is 14.8 Å². The molecular formula is C12H7N3O2S2. The number of hydrogen-bond donors (Lipinski definition) is 1. The molecule has 0 unspecified atom stereocenters. The van der Waals surface area contributed by atoms with Gasteiger partial charge in [-0.15, -0.1) is 0 Å². The van der Waals surface area contributed by atoms with Gasteiger partial charge in [-0.3, -0.25) is 0 Å². The maximum atomic E-state index is 11.1. The van der Waals surface area contributed by atoms with E-state index in [1.54, 1.807) is 6.07 Å². The van der Waals surface area contributed by atoms with Gasteiger partial charge in [-0.2, -0.15) is 4.37 Å². The Kier molecular flexibility index (Phi) is 3.14. The molecule has 0 amide bonds. The topological polar surface area (TPSA) is 76.0 Å². The number of carboxylic acids is 1. The molecule has 0 aliphatic carbocycles. The second-order valence-electron chi connectivity index (χ2n) is 3.65. The summed E-state index contributed by atoms with van der Waals surface area (Å²) in [7, 11) is 0. The Balaban J connectivity index is 2.17. The van der Waals surface area contributed by atoms with Crippen LogP contribution in [0.2, 0.25) is 0 Å². The Morgan fingerprint density at radius 2 is 2.16 bits per heavy atom. The van der Waals surface area contributed by atoms with E-state index >= 15 is 0 Å². The molecule has 0 aliphatic rings. The molecule has 19 heavy (non-hydrogen) atoms. The van der Waals surface area contributed by atoms with Crippen molar-refractivity contribution in [1.82, 2.24) is 14.3 Å². The van der Waals surface area contributed by atoms with Gasteiger partial charge < -0.3 is 5.11 Å². The fourth-order valence-corrected chi connectivity index (χ4v) is 3.14. The predicted octanol–water partition coefficient (Wildman–Crippen LogP) is 2.94. The van der Waals surface area contributed by atoms with Crippen molar-refractivity contribution < 1.29 is 9.90 Å². The molecule has 2 heterocycles. The minimum atomic E-state index is -1.04. The summed E-state index contributed by atoms with van der Waals surface area (Å²) >= 11 is 2.58. The maximum Gasteiger partial charge on any atom is 0.354 e. The lowest BCUT2D eigenvalue weighted by Crippen LogP contribution is -2.01. The van der Waals surface area contributed by atoms with Crippen LogP contribution in [-0.4, -0.2) is 25.4 Å². The summed E-state index contributed by atoms with van der Waals surface area (Å²) in [5.74, 6) is -1.04. The van der Waals surface area contributed by atoms with Gasteiger partial charge in [0.15, 0.2) is 4.34 Å². The number of fused-ring (bicyclic) bond motifs is 1. The Morgan fingerprint density at radius 1 is 1.32 bits per heavy atom. The van der Waals surface area contributed by atoms with Gasteiger partial charge in [-0.05, 0) is 34.7 Å². The quantitative estimate of drug-likeness (QED) is 0.799. The predicted molar refractivity (Wildman–Crippen MR) is 72.7 cm³/mol. The smallest absolute Gasteiger partial charge is 0.354 e. The van der Waals surface area contributed by atoms with Gasteiger partial charge in [0.05, 0.1) is 0 Å². The van der Waals surface area contributed by atoms with E-state index in [-0.39, 0.29) is 5.69 Å².